The zero-order valence-electron chi connectivity index (χ0n) is 8.24. The standard InChI is InChI=1S/C10H13NO2S/c1-4-9-6-5-7(2)8(3)10(9)14(11,12)13/h4-6H,1H2,2-3H3,(H2,11,12,13). The van der Waals surface area contributed by atoms with E-state index in [-0.39, 0.29) is 4.90 Å². The summed E-state index contributed by atoms with van der Waals surface area (Å²) in [5, 5.41) is 5.13. The Morgan fingerprint density at radius 1 is 1.36 bits per heavy atom. The summed E-state index contributed by atoms with van der Waals surface area (Å²) in [7, 11) is -3.67. The molecule has 0 saturated carbocycles. The van der Waals surface area contributed by atoms with Crippen molar-refractivity contribution in [3.05, 3.63) is 35.4 Å². The zero-order chi connectivity index (χ0) is 10.9. The van der Waals surface area contributed by atoms with Crippen LogP contribution in [0, 0.1) is 13.8 Å². The molecule has 0 atom stereocenters. The Morgan fingerprint density at radius 2 is 1.93 bits per heavy atom. The van der Waals surface area contributed by atoms with Crippen molar-refractivity contribution in [1.29, 1.82) is 0 Å². The second kappa shape index (κ2) is 3.55. The summed E-state index contributed by atoms with van der Waals surface area (Å²) in [6, 6.07) is 3.55. The smallest absolute Gasteiger partial charge is 0.225 e. The van der Waals surface area contributed by atoms with Gasteiger partial charge in [-0.25, -0.2) is 13.6 Å². The predicted octanol–water partition coefficient (Wildman–Crippen LogP) is 1.59. The Hall–Kier alpha value is -1.13. The van der Waals surface area contributed by atoms with Crippen molar-refractivity contribution in [1.82, 2.24) is 0 Å². The lowest BCUT2D eigenvalue weighted by molar-refractivity contribution is 0.597. The van der Waals surface area contributed by atoms with Gasteiger partial charge in [0.05, 0.1) is 4.90 Å². The SMILES string of the molecule is C=Cc1ccc(C)c(C)c1S(N)(=O)=O. The van der Waals surface area contributed by atoms with Gasteiger partial charge in [0.1, 0.15) is 0 Å². The van der Waals surface area contributed by atoms with Crippen LogP contribution in [-0.2, 0) is 10.0 Å². The van der Waals surface area contributed by atoms with Crippen molar-refractivity contribution in [2.45, 2.75) is 18.7 Å². The van der Waals surface area contributed by atoms with Gasteiger partial charge in [0.25, 0.3) is 0 Å². The molecule has 0 bridgehead atoms. The molecule has 0 fully saturated rings. The van der Waals surface area contributed by atoms with Crippen LogP contribution in [0.15, 0.2) is 23.6 Å². The van der Waals surface area contributed by atoms with E-state index in [1.165, 1.54) is 6.08 Å². The highest BCUT2D eigenvalue weighted by Crippen LogP contribution is 2.22. The number of aryl methyl sites for hydroxylation is 1. The fraction of sp³-hybridized carbons (Fsp3) is 0.200. The van der Waals surface area contributed by atoms with Gasteiger partial charge in [0, 0.05) is 0 Å². The molecular weight excluding hydrogens is 198 g/mol. The van der Waals surface area contributed by atoms with Crippen molar-refractivity contribution >= 4 is 16.1 Å². The summed E-state index contributed by atoms with van der Waals surface area (Å²) in [6.07, 6.45) is 1.49. The van der Waals surface area contributed by atoms with Crippen LogP contribution >= 0.6 is 0 Å². The fourth-order valence-electron chi connectivity index (χ4n) is 1.35. The monoisotopic (exact) mass is 211 g/mol. The molecule has 1 aromatic carbocycles. The van der Waals surface area contributed by atoms with E-state index in [1.54, 1.807) is 13.0 Å². The molecule has 14 heavy (non-hydrogen) atoms. The van der Waals surface area contributed by atoms with Gasteiger partial charge in [-0.15, -0.1) is 0 Å². The van der Waals surface area contributed by atoms with Crippen LogP contribution < -0.4 is 5.14 Å². The molecule has 0 aliphatic rings. The average Bonchev–Trinajstić information content (AvgIpc) is 2.07. The lowest BCUT2D eigenvalue weighted by Crippen LogP contribution is -2.15. The van der Waals surface area contributed by atoms with Gasteiger partial charge in [-0.2, -0.15) is 0 Å². The summed E-state index contributed by atoms with van der Waals surface area (Å²) < 4.78 is 22.6. The minimum atomic E-state index is -3.67. The highest BCUT2D eigenvalue weighted by Gasteiger charge is 2.16. The third-order valence-corrected chi connectivity index (χ3v) is 3.32. The summed E-state index contributed by atoms with van der Waals surface area (Å²) in [5.41, 5.74) is 2.14. The van der Waals surface area contributed by atoms with Gasteiger partial charge in [-0.05, 0) is 30.5 Å². The van der Waals surface area contributed by atoms with E-state index in [9.17, 15) is 8.42 Å². The van der Waals surface area contributed by atoms with Gasteiger partial charge >= 0.3 is 0 Å². The Kier molecular flexibility index (Phi) is 2.78. The molecule has 0 amide bonds. The minimum Gasteiger partial charge on any atom is -0.225 e. The highest BCUT2D eigenvalue weighted by molar-refractivity contribution is 7.89. The van der Waals surface area contributed by atoms with E-state index in [2.05, 4.69) is 6.58 Å². The quantitative estimate of drug-likeness (QED) is 0.807. The largest absolute Gasteiger partial charge is 0.238 e. The number of benzene rings is 1. The van der Waals surface area contributed by atoms with Crippen molar-refractivity contribution < 1.29 is 8.42 Å². The van der Waals surface area contributed by atoms with Crippen LogP contribution in [0.5, 0.6) is 0 Å². The first-order chi connectivity index (χ1) is 6.38. The van der Waals surface area contributed by atoms with Crippen molar-refractivity contribution in [3.8, 4) is 0 Å². The molecule has 0 spiro atoms. The second-order valence-electron chi connectivity index (χ2n) is 3.17. The molecule has 0 aliphatic heterocycles. The van der Waals surface area contributed by atoms with Crippen LogP contribution in [0.4, 0.5) is 0 Å². The van der Waals surface area contributed by atoms with Crippen LogP contribution in [0.2, 0.25) is 0 Å². The van der Waals surface area contributed by atoms with Crippen LogP contribution in [0.3, 0.4) is 0 Å². The summed E-state index contributed by atoms with van der Waals surface area (Å²) in [6.45, 7) is 7.14. The molecule has 3 nitrogen and oxygen atoms in total. The molecule has 76 valence electrons. The third kappa shape index (κ3) is 1.86. The van der Waals surface area contributed by atoms with Gasteiger partial charge in [-0.3, -0.25) is 0 Å². The zero-order valence-corrected chi connectivity index (χ0v) is 9.06. The average molecular weight is 211 g/mol. The van der Waals surface area contributed by atoms with Crippen LogP contribution in [0.25, 0.3) is 6.08 Å². The Balaban J connectivity index is 3.69. The minimum absolute atomic E-state index is 0.174. The van der Waals surface area contributed by atoms with E-state index in [4.69, 9.17) is 5.14 Å². The second-order valence-corrected chi connectivity index (χ2v) is 4.67. The molecule has 0 aliphatic carbocycles. The molecule has 0 saturated heterocycles. The Bertz CT molecular complexity index is 475. The topological polar surface area (TPSA) is 60.2 Å². The first kappa shape index (κ1) is 10.9. The maximum Gasteiger partial charge on any atom is 0.238 e. The number of primary sulfonamides is 1. The maximum absolute atomic E-state index is 11.3. The Labute approximate surface area is 84.3 Å². The molecule has 0 aromatic heterocycles. The van der Waals surface area contributed by atoms with E-state index >= 15 is 0 Å². The number of hydrogen-bond acceptors (Lipinski definition) is 2. The molecule has 4 heteroatoms. The number of rotatable bonds is 2. The molecular formula is C10H13NO2S. The maximum atomic E-state index is 11.3. The molecule has 2 N–H and O–H groups in total. The predicted molar refractivity (Wildman–Crippen MR) is 57.4 cm³/mol. The lowest BCUT2D eigenvalue weighted by atomic mass is 10.1. The molecule has 0 heterocycles. The van der Waals surface area contributed by atoms with Gasteiger partial charge in [0.15, 0.2) is 0 Å². The number of hydrogen-bond donors (Lipinski definition) is 1. The van der Waals surface area contributed by atoms with E-state index in [0.29, 0.717) is 11.1 Å². The lowest BCUT2D eigenvalue weighted by Gasteiger charge is -2.09. The Morgan fingerprint density at radius 3 is 2.36 bits per heavy atom. The summed E-state index contributed by atoms with van der Waals surface area (Å²) >= 11 is 0. The molecule has 0 radical (unpaired) electrons. The van der Waals surface area contributed by atoms with Crippen LogP contribution in [0.1, 0.15) is 16.7 Å². The van der Waals surface area contributed by atoms with Crippen LogP contribution in [-0.4, -0.2) is 8.42 Å². The number of nitrogens with two attached hydrogens (primary N) is 1. The van der Waals surface area contributed by atoms with Crippen molar-refractivity contribution in [2.24, 2.45) is 5.14 Å². The van der Waals surface area contributed by atoms with Gasteiger partial charge in [-0.1, -0.05) is 24.8 Å². The fourth-order valence-corrected chi connectivity index (χ4v) is 2.42. The molecule has 1 aromatic rings. The van der Waals surface area contributed by atoms with E-state index < -0.39 is 10.0 Å². The van der Waals surface area contributed by atoms with Crippen molar-refractivity contribution in [2.75, 3.05) is 0 Å². The van der Waals surface area contributed by atoms with E-state index in [1.807, 2.05) is 13.0 Å². The third-order valence-electron chi connectivity index (χ3n) is 2.21. The van der Waals surface area contributed by atoms with Crippen molar-refractivity contribution in [3.63, 3.8) is 0 Å². The molecule has 1 rings (SSSR count). The first-order valence-electron chi connectivity index (χ1n) is 4.13. The van der Waals surface area contributed by atoms with E-state index in [0.717, 1.165) is 5.56 Å². The van der Waals surface area contributed by atoms with Gasteiger partial charge in [0.2, 0.25) is 10.0 Å². The first-order valence-corrected chi connectivity index (χ1v) is 5.68. The molecule has 0 unspecified atom stereocenters. The van der Waals surface area contributed by atoms with Gasteiger partial charge < -0.3 is 0 Å². The number of sulfonamides is 1. The highest BCUT2D eigenvalue weighted by atomic mass is 32.2. The summed E-state index contributed by atoms with van der Waals surface area (Å²) in [5.74, 6) is 0. The summed E-state index contributed by atoms with van der Waals surface area (Å²) in [4.78, 5) is 0.174. The normalized spacial score (nSPS) is 11.4.